The van der Waals surface area contributed by atoms with E-state index in [4.69, 9.17) is 21.4 Å². The van der Waals surface area contributed by atoms with Crippen LogP contribution in [0.5, 0.6) is 5.75 Å². The van der Waals surface area contributed by atoms with Crippen molar-refractivity contribution in [1.82, 2.24) is 0 Å². The summed E-state index contributed by atoms with van der Waals surface area (Å²) in [6.07, 6.45) is 0.317. The molecule has 0 amide bonds. The summed E-state index contributed by atoms with van der Waals surface area (Å²) in [4.78, 5) is 21.6. The molecule has 144 valence electrons. The number of hydrogen-bond donors (Lipinski definition) is 1. The number of halogens is 1. The van der Waals surface area contributed by atoms with Crippen LogP contribution in [0.3, 0.4) is 0 Å². The molecule has 1 aliphatic heterocycles. The van der Waals surface area contributed by atoms with Gasteiger partial charge in [-0.05, 0) is 35.4 Å². The number of rotatable bonds is 6. The lowest BCUT2D eigenvalue weighted by Gasteiger charge is -2.09. The number of nitro groups is 1. The van der Waals surface area contributed by atoms with E-state index in [0.29, 0.717) is 44.6 Å². The zero-order chi connectivity index (χ0) is 20.3. The van der Waals surface area contributed by atoms with Crippen LogP contribution in [0.2, 0.25) is 5.02 Å². The number of nitro benzene ring substituents is 1. The van der Waals surface area contributed by atoms with E-state index < -0.39 is 10.9 Å². The quantitative estimate of drug-likeness (QED) is 0.553. The monoisotopic (exact) mass is 419 g/mol. The first kappa shape index (κ1) is 19.8. The number of nitrogens with zero attached hydrogens (tertiary/aromatic N) is 3. The van der Waals surface area contributed by atoms with Gasteiger partial charge in [0.15, 0.2) is 0 Å². The fraction of sp³-hybridized carbons (Fsp3) is 0.167. The molecule has 0 atom stereocenters. The lowest BCUT2D eigenvalue weighted by molar-refractivity contribution is -0.384. The minimum absolute atomic E-state index is 0.0965. The second kappa shape index (κ2) is 8.41. The Bertz CT molecular complexity index is 1020. The van der Waals surface area contributed by atoms with Gasteiger partial charge in [-0.2, -0.15) is 5.10 Å². The summed E-state index contributed by atoms with van der Waals surface area (Å²) >= 11 is 7.20. The summed E-state index contributed by atoms with van der Waals surface area (Å²) in [5, 5.41) is 29.2. The van der Waals surface area contributed by atoms with Crippen molar-refractivity contribution in [2.24, 2.45) is 10.2 Å². The molecule has 0 unspecified atom stereocenters. The maximum absolute atomic E-state index is 11.4. The average Bonchev–Trinajstić information content (AvgIpc) is 3.14. The normalized spacial score (nSPS) is 13.1. The molecule has 0 bridgehead atoms. The maximum Gasteiger partial charge on any atom is 0.313 e. The van der Waals surface area contributed by atoms with Crippen molar-refractivity contribution < 1.29 is 19.6 Å². The molecule has 0 fully saturated rings. The van der Waals surface area contributed by atoms with Crippen molar-refractivity contribution in [3.05, 3.63) is 57.1 Å². The van der Waals surface area contributed by atoms with E-state index in [1.165, 1.54) is 19.2 Å². The number of non-ortho nitro benzene ring substituents is 1. The minimum Gasteiger partial charge on any atom is -0.497 e. The van der Waals surface area contributed by atoms with Crippen molar-refractivity contribution in [1.29, 1.82) is 0 Å². The van der Waals surface area contributed by atoms with Crippen LogP contribution in [0.4, 0.5) is 5.69 Å². The molecule has 2 aromatic carbocycles. The van der Waals surface area contributed by atoms with Gasteiger partial charge in [-0.1, -0.05) is 23.4 Å². The first-order chi connectivity index (χ1) is 13.4. The number of carboxylic acid groups (broad SMARTS) is 1. The third-order valence-corrected chi connectivity index (χ3v) is 5.03. The molecule has 0 saturated carbocycles. The van der Waals surface area contributed by atoms with E-state index in [0.717, 1.165) is 11.8 Å². The molecule has 8 nitrogen and oxygen atoms in total. The Morgan fingerprint density at radius 2 is 1.93 bits per heavy atom. The van der Waals surface area contributed by atoms with Crippen LogP contribution in [-0.4, -0.2) is 39.6 Å². The predicted octanol–water partition coefficient (Wildman–Crippen LogP) is 4.25. The molecule has 1 aliphatic rings. The van der Waals surface area contributed by atoms with Gasteiger partial charge >= 0.3 is 5.97 Å². The fourth-order valence-corrected chi connectivity index (χ4v) is 3.46. The summed E-state index contributed by atoms with van der Waals surface area (Å²) < 4.78 is 5.21. The number of aliphatic carboxylic acids is 1. The van der Waals surface area contributed by atoms with Crippen molar-refractivity contribution in [2.45, 2.75) is 6.42 Å². The lowest BCUT2D eigenvalue weighted by atomic mass is 9.99. The van der Waals surface area contributed by atoms with E-state index in [1.54, 1.807) is 24.3 Å². The molecule has 10 heteroatoms. The van der Waals surface area contributed by atoms with E-state index >= 15 is 0 Å². The highest BCUT2D eigenvalue weighted by atomic mass is 35.5. The SMILES string of the molecule is COc1cc(Cl)cc(-c2cc(C3=NN=C(SCC(=O)O)C3)cc([N+](=O)[O-])c2)c1. The van der Waals surface area contributed by atoms with E-state index in [2.05, 4.69) is 10.2 Å². The number of benzene rings is 2. The Hall–Kier alpha value is -2.91. The van der Waals surface area contributed by atoms with Gasteiger partial charge in [0.2, 0.25) is 0 Å². The van der Waals surface area contributed by atoms with E-state index in [9.17, 15) is 14.9 Å². The summed E-state index contributed by atoms with van der Waals surface area (Å²) in [6, 6.07) is 9.70. The second-order valence-corrected chi connectivity index (χ2v) is 7.29. The zero-order valence-corrected chi connectivity index (χ0v) is 16.2. The highest BCUT2D eigenvalue weighted by Crippen LogP contribution is 2.32. The smallest absolute Gasteiger partial charge is 0.313 e. The summed E-state index contributed by atoms with van der Waals surface area (Å²) in [6.45, 7) is 0. The van der Waals surface area contributed by atoms with Crippen LogP contribution in [0, 0.1) is 10.1 Å². The van der Waals surface area contributed by atoms with Gasteiger partial charge in [0.25, 0.3) is 5.69 Å². The van der Waals surface area contributed by atoms with Crippen LogP contribution >= 0.6 is 23.4 Å². The number of ether oxygens (including phenoxy) is 1. The highest BCUT2D eigenvalue weighted by molar-refractivity contribution is 8.14. The van der Waals surface area contributed by atoms with Gasteiger partial charge in [0.1, 0.15) is 10.8 Å². The molecule has 0 radical (unpaired) electrons. The summed E-state index contributed by atoms with van der Waals surface area (Å²) in [5.74, 6) is -0.539. The number of hydrogen-bond acceptors (Lipinski definition) is 7. The largest absolute Gasteiger partial charge is 0.497 e. The van der Waals surface area contributed by atoms with Gasteiger partial charge < -0.3 is 9.84 Å². The van der Waals surface area contributed by atoms with E-state index in [-0.39, 0.29) is 11.4 Å². The Kier molecular flexibility index (Phi) is 5.96. The topological polar surface area (TPSA) is 114 Å². The van der Waals surface area contributed by atoms with Crippen LogP contribution in [0.1, 0.15) is 12.0 Å². The van der Waals surface area contributed by atoms with Gasteiger partial charge in [0.05, 0.1) is 23.5 Å². The lowest BCUT2D eigenvalue weighted by Crippen LogP contribution is -2.06. The second-order valence-electron chi connectivity index (χ2n) is 5.81. The first-order valence-electron chi connectivity index (χ1n) is 7.98. The number of carboxylic acids is 1. The van der Waals surface area contributed by atoms with Gasteiger partial charge in [-0.15, -0.1) is 5.10 Å². The first-order valence-corrected chi connectivity index (χ1v) is 9.35. The number of thioether (sulfide) groups is 1. The molecular formula is C18H14ClN3O5S. The number of methoxy groups -OCH3 is 1. The molecule has 28 heavy (non-hydrogen) atoms. The van der Waals surface area contributed by atoms with Crippen molar-refractivity contribution in [2.75, 3.05) is 12.9 Å². The summed E-state index contributed by atoms with van der Waals surface area (Å²) in [7, 11) is 1.51. The number of carbonyl (C=O) groups is 1. The molecule has 3 rings (SSSR count). The molecule has 2 aromatic rings. The van der Waals surface area contributed by atoms with E-state index in [1.807, 2.05) is 0 Å². The van der Waals surface area contributed by atoms with Crippen LogP contribution in [-0.2, 0) is 4.79 Å². The van der Waals surface area contributed by atoms with Gasteiger partial charge in [-0.25, -0.2) is 0 Å². The van der Waals surface area contributed by atoms with Gasteiger partial charge in [0, 0.05) is 29.1 Å². The summed E-state index contributed by atoms with van der Waals surface area (Å²) in [5.41, 5.74) is 2.22. The molecule has 1 heterocycles. The Morgan fingerprint density at radius 1 is 1.21 bits per heavy atom. The van der Waals surface area contributed by atoms with Gasteiger partial charge in [-0.3, -0.25) is 14.9 Å². The molecule has 0 aliphatic carbocycles. The highest BCUT2D eigenvalue weighted by Gasteiger charge is 2.20. The van der Waals surface area contributed by atoms with Crippen LogP contribution in [0.25, 0.3) is 11.1 Å². The standard InChI is InChI=1S/C18H14ClN3O5S/c1-27-15-6-11(3-13(19)7-15)10-2-12(5-14(4-10)22(25)26)16-8-17(21-20-16)28-9-18(23)24/h2-7H,8-9H2,1H3,(H,23,24). The maximum atomic E-state index is 11.4. The molecule has 1 N–H and O–H groups in total. The predicted molar refractivity (Wildman–Crippen MR) is 109 cm³/mol. The molecular weight excluding hydrogens is 406 g/mol. The van der Waals surface area contributed by atoms with Crippen LogP contribution in [0.15, 0.2) is 46.6 Å². The molecule has 0 spiro atoms. The average molecular weight is 420 g/mol. The Labute approximate surface area is 169 Å². The van der Waals surface area contributed by atoms with Crippen molar-refractivity contribution in [3.63, 3.8) is 0 Å². The Balaban J connectivity index is 1.95. The Morgan fingerprint density at radius 3 is 2.61 bits per heavy atom. The third kappa shape index (κ3) is 4.68. The van der Waals surface area contributed by atoms with Crippen LogP contribution < -0.4 is 4.74 Å². The zero-order valence-electron chi connectivity index (χ0n) is 14.6. The van der Waals surface area contributed by atoms with Crippen molar-refractivity contribution >= 4 is 45.8 Å². The molecule has 0 saturated heterocycles. The fourth-order valence-electron chi connectivity index (χ4n) is 2.61. The third-order valence-electron chi connectivity index (χ3n) is 3.87. The van der Waals surface area contributed by atoms with Crippen molar-refractivity contribution in [3.8, 4) is 16.9 Å². The molecule has 0 aromatic heterocycles. The minimum atomic E-state index is -0.950.